The van der Waals surface area contributed by atoms with Gasteiger partial charge in [-0.25, -0.2) is 14.4 Å². The molecule has 1 aliphatic rings. The van der Waals surface area contributed by atoms with E-state index in [0.29, 0.717) is 28.9 Å². The topological polar surface area (TPSA) is 251 Å². The fourth-order valence-electron chi connectivity index (χ4n) is 6.02. The Kier molecular flexibility index (Phi) is 19.7. The molecular weight excluding hydrogens is 851 g/mol. The van der Waals surface area contributed by atoms with Gasteiger partial charge in [-0.05, 0) is 97.0 Å². The quantitative estimate of drug-likeness (QED) is 0.0372. The Morgan fingerprint density at radius 3 is 1.92 bits per heavy atom. The summed E-state index contributed by atoms with van der Waals surface area (Å²) >= 11 is 0. The lowest BCUT2D eigenvalue weighted by atomic mass is 9.93. The molecule has 0 aromatic heterocycles. The van der Waals surface area contributed by atoms with E-state index in [1.165, 1.54) is 14.0 Å². The Balaban J connectivity index is 2.24. The van der Waals surface area contributed by atoms with Crippen LogP contribution in [-0.4, -0.2) is 138 Å². The van der Waals surface area contributed by atoms with Crippen LogP contribution in [0.4, 0.5) is 9.59 Å². The highest BCUT2D eigenvalue weighted by Crippen LogP contribution is 2.45. The van der Waals surface area contributed by atoms with Crippen LogP contribution in [0.3, 0.4) is 0 Å². The minimum absolute atomic E-state index is 0.0518. The Bertz CT molecular complexity index is 1910. The summed E-state index contributed by atoms with van der Waals surface area (Å²) in [4.78, 5) is 65.1. The van der Waals surface area contributed by atoms with Crippen molar-refractivity contribution in [2.75, 3.05) is 53.9 Å². The number of benzene rings is 2. The number of hydrogen-bond donors (Lipinski definition) is 7. The number of hydrogen-bond acceptors (Lipinski definition) is 15. The minimum Gasteiger partial charge on any atom is -0.490 e. The Hall–Kier alpha value is -5.15. The van der Waals surface area contributed by atoms with Gasteiger partial charge in [-0.1, -0.05) is 25.7 Å². The molecule has 0 fully saturated rings. The molecule has 4 bridgehead atoms. The second kappa shape index (κ2) is 23.7. The summed E-state index contributed by atoms with van der Waals surface area (Å²) in [6, 6.07) is 5.70. The summed E-state index contributed by atoms with van der Waals surface area (Å²) in [6.45, 7) is 17.5. The number of esters is 1. The number of ether oxygens (including phenoxy) is 7. The summed E-state index contributed by atoms with van der Waals surface area (Å²) < 4.78 is 40.4. The van der Waals surface area contributed by atoms with Crippen LogP contribution in [0, 0.1) is 0 Å². The minimum atomic E-state index is -1.49. The van der Waals surface area contributed by atoms with Crippen LogP contribution >= 0.6 is 0 Å². The van der Waals surface area contributed by atoms with Crippen molar-refractivity contribution in [2.24, 2.45) is 0 Å². The number of carbonyl (C=O) groups is 5. The summed E-state index contributed by atoms with van der Waals surface area (Å²) in [5, 5.41) is 35.4. The molecule has 5 atom stereocenters. The van der Waals surface area contributed by atoms with Crippen molar-refractivity contribution < 1.29 is 67.3 Å². The van der Waals surface area contributed by atoms with Crippen molar-refractivity contribution >= 4 is 38.0 Å². The molecule has 1 heterocycles. The molecule has 20 heteroatoms. The fourth-order valence-corrected chi connectivity index (χ4v) is 6.78. The van der Waals surface area contributed by atoms with Gasteiger partial charge in [0, 0.05) is 32.2 Å². The molecule has 0 saturated heterocycles. The van der Waals surface area contributed by atoms with Gasteiger partial charge >= 0.3 is 18.2 Å². The van der Waals surface area contributed by atoms with E-state index in [1.54, 1.807) is 78.9 Å². The van der Waals surface area contributed by atoms with Crippen molar-refractivity contribution in [2.45, 2.75) is 122 Å². The summed E-state index contributed by atoms with van der Waals surface area (Å²) in [5.41, 5.74) is 0.0186. The molecule has 2 aromatic rings. The van der Waals surface area contributed by atoms with Crippen LogP contribution in [-0.2, 0) is 39.8 Å². The maximum Gasteiger partial charge on any atom is 0.407 e. The maximum absolute atomic E-state index is 14.0. The molecule has 0 spiro atoms. The van der Waals surface area contributed by atoms with Gasteiger partial charge in [-0.3, -0.25) is 9.59 Å². The van der Waals surface area contributed by atoms with Gasteiger partial charge in [-0.2, -0.15) is 0 Å². The number of nitrogens with one attached hydrogen (secondary N) is 5. The van der Waals surface area contributed by atoms with E-state index >= 15 is 0 Å². The number of aliphatic hydroxyl groups excluding tert-OH is 2. The highest BCUT2D eigenvalue weighted by Gasteiger charge is 2.31. The summed E-state index contributed by atoms with van der Waals surface area (Å²) in [5.74, 6) is -1.59. The number of carbonyl (C=O) groups excluding carboxylic acids is 5. The molecule has 1 aliphatic heterocycles. The molecule has 2 aromatic carbocycles. The van der Waals surface area contributed by atoms with Crippen molar-refractivity contribution in [1.82, 2.24) is 26.6 Å². The lowest BCUT2D eigenvalue weighted by molar-refractivity contribution is -0.145. The second-order valence-electron chi connectivity index (χ2n) is 18.6. The van der Waals surface area contributed by atoms with E-state index < -0.39 is 79.6 Å². The zero-order chi connectivity index (χ0) is 48.0. The summed E-state index contributed by atoms with van der Waals surface area (Å²) in [6.07, 6.45) is -3.95. The fraction of sp³-hybridized carbons (Fsp3) is 0.614. The largest absolute Gasteiger partial charge is 0.490 e. The van der Waals surface area contributed by atoms with Gasteiger partial charge in [0.1, 0.15) is 60.5 Å². The van der Waals surface area contributed by atoms with Crippen molar-refractivity contribution in [3.63, 3.8) is 0 Å². The molecule has 3 rings (SSSR count). The Morgan fingerprint density at radius 2 is 1.39 bits per heavy atom. The van der Waals surface area contributed by atoms with Gasteiger partial charge < -0.3 is 70.0 Å². The first-order valence-electron chi connectivity index (χ1n) is 21.2. The molecule has 7 N–H and O–H groups in total. The molecule has 0 aliphatic carbocycles. The number of rotatable bonds is 18. The average molecular weight is 920 g/mol. The van der Waals surface area contributed by atoms with Gasteiger partial charge in [0.05, 0.1) is 20.2 Å². The predicted molar refractivity (Wildman–Crippen MR) is 240 cm³/mol. The van der Waals surface area contributed by atoms with E-state index in [0.717, 1.165) is 6.04 Å². The van der Waals surface area contributed by atoms with Crippen LogP contribution in [0.5, 0.6) is 17.2 Å². The SMILES string of the molecule is CN[C@@H]1C(=O)N[C@@H](C)C(=O)N[C@H](C(=O)OC)Cc2ccc(OC[C@H](O)CNC(=O)OC(C)(C)C)c(c2)-c2cc1cc(OC[C@H](O)CNC(=O)OC(C)(C)C)c2OCOCC[Si](C)(C)C. The average Bonchev–Trinajstić information content (AvgIpc) is 3.18. The number of amides is 4. The molecule has 0 unspecified atom stereocenters. The van der Waals surface area contributed by atoms with Crippen LogP contribution in [0.15, 0.2) is 30.3 Å². The third kappa shape index (κ3) is 18.1. The van der Waals surface area contributed by atoms with Gasteiger partial charge in [0.2, 0.25) is 11.8 Å². The van der Waals surface area contributed by atoms with Gasteiger partial charge in [0.15, 0.2) is 18.3 Å². The van der Waals surface area contributed by atoms with E-state index in [-0.39, 0.29) is 56.8 Å². The Morgan fingerprint density at radius 1 is 0.812 bits per heavy atom. The Labute approximate surface area is 376 Å². The number of fused-ring (bicyclic) bond motifs is 5. The van der Waals surface area contributed by atoms with Crippen molar-refractivity contribution in [3.8, 4) is 28.4 Å². The second-order valence-corrected chi connectivity index (χ2v) is 24.3. The third-order valence-corrected chi connectivity index (χ3v) is 10.9. The van der Waals surface area contributed by atoms with Crippen LogP contribution < -0.4 is 40.8 Å². The standard InChI is InChI=1S/C44H69N5O14Si/c1-26-38(52)49-33(40(54)57-9)18-27-13-14-34(59-23-29(50)21-46-41(55)62-43(2,3)4)31(17-27)32-19-28(36(45-8)39(53)48-26)20-35(37(32)61-25-58-15-16-64(10,11)12)60-24-30(51)22-47-42(56)63-44(5,6)7/h13-14,17,19-20,26,29-30,33,36,45,50-51H,15-16,18,21-25H2,1-12H3,(H,46,55)(H,47,56)(H,48,53)(H,49,52)/t26-,29+,30+,33-,36-/m0/s1. The van der Waals surface area contributed by atoms with Gasteiger partial charge in [0.25, 0.3) is 0 Å². The number of aliphatic hydroxyl groups is 2. The van der Waals surface area contributed by atoms with E-state index in [2.05, 4.69) is 46.2 Å². The van der Waals surface area contributed by atoms with E-state index in [9.17, 15) is 34.2 Å². The first kappa shape index (κ1) is 53.2. The first-order chi connectivity index (χ1) is 29.8. The number of likely N-dealkylation sites (N-methyl/N-ethyl adjacent to an activating group) is 1. The number of alkyl carbamates (subject to hydrolysis) is 2. The molecular formula is C44H69N5O14Si. The highest BCUT2D eigenvalue weighted by molar-refractivity contribution is 6.76. The molecule has 0 saturated carbocycles. The van der Waals surface area contributed by atoms with Crippen LogP contribution in [0.2, 0.25) is 25.7 Å². The van der Waals surface area contributed by atoms with Crippen molar-refractivity contribution in [3.05, 3.63) is 41.5 Å². The van der Waals surface area contributed by atoms with Crippen LogP contribution in [0.25, 0.3) is 11.1 Å². The molecule has 358 valence electrons. The zero-order valence-electron chi connectivity index (χ0n) is 39.2. The zero-order valence-corrected chi connectivity index (χ0v) is 40.2. The lowest BCUT2D eigenvalue weighted by Gasteiger charge is -2.26. The first-order valence-corrected chi connectivity index (χ1v) is 24.9. The molecule has 64 heavy (non-hydrogen) atoms. The smallest absolute Gasteiger partial charge is 0.407 e. The maximum atomic E-state index is 14.0. The van der Waals surface area contributed by atoms with Crippen LogP contribution in [0.1, 0.15) is 65.6 Å². The predicted octanol–water partition coefficient (Wildman–Crippen LogP) is 3.55. The molecule has 19 nitrogen and oxygen atoms in total. The van der Waals surface area contributed by atoms with Gasteiger partial charge in [-0.15, -0.1) is 0 Å². The molecule has 0 radical (unpaired) electrons. The van der Waals surface area contributed by atoms with E-state index in [4.69, 9.17) is 33.2 Å². The van der Waals surface area contributed by atoms with Crippen molar-refractivity contribution in [1.29, 1.82) is 0 Å². The lowest BCUT2D eigenvalue weighted by Crippen LogP contribution is -2.52. The molecule has 4 amide bonds. The third-order valence-electron chi connectivity index (χ3n) is 9.20. The highest BCUT2D eigenvalue weighted by atomic mass is 28.3. The van der Waals surface area contributed by atoms with E-state index in [1.807, 2.05) is 0 Å². The number of methoxy groups -OCH3 is 1. The monoisotopic (exact) mass is 919 g/mol. The summed E-state index contributed by atoms with van der Waals surface area (Å²) in [7, 11) is 1.26. The normalized spacial score (nSPS) is 17.9.